The highest BCUT2D eigenvalue weighted by molar-refractivity contribution is 7.11. The minimum Gasteiger partial charge on any atom is -0.353 e. The molecule has 1 fully saturated rings. The average molecular weight is 345 g/mol. The smallest absolute Gasteiger partial charge is 0.236 e. The van der Waals surface area contributed by atoms with Gasteiger partial charge >= 0.3 is 0 Å². The summed E-state index contributed by atoms with van der Waals surface area (Å²) in [5.74, 6) is 1.18. The molecule has 1 saturated heterocycles. The predicted molar refractivity (Wildman–Crippen MR) is 96.2 cm³/mol. The van der Waals surface area contributed by atoms with Crippen molar-refractivity contribution in [3.63, 3.8) is 0 Å². The van der Waals surface area contributed by atoms with Crippen LogP contribution in [-0.4, -0.2) is 65.4 Å². The van der Waals surface area contributed by atoms with Crippen LogP contribution in [0, 0.1) is 6.92 Å². The quantitative estimate of drug-likeness (QED) is 0.824. The number of pyridine rings is 1. The highest BCUT2D eigenvalue weighted by Crippen LogP contribution is 2.15. The number of piperazine rings is 1. The standard InChI is InChI=1S/C17H23N5OS/c1-14-19-11-15(24-14)12-20(2)13-17(23)22-9-7-21(8-10-22)16-5-3-4-6-18-16/h3-6,11H,7-10,12-13H2,1-2H3. The molecule has 1 aliphatic rings. The van der Waals surface area contributed by atoms with E-state index in [4.69, 9.17) is 0 Å². The van der Waals surface area contributed by atoms with E-state index in [1.54, 1.807) is 11.3 Å². The second kappa shape index (κ2) is 7.72. The summed E-state index contributed by atoms with van der Waals surface area (Å²) in [6.07, 6.45) is 3.70. The van der Waals surface area contributed by atoms with Gasteiger partial charge in [-0.3, -0.25) is 9.69 Å². The molecular weight excluding hydrogens is 322 g/mol. The number of hydrogen-bond acceptors (Lipinski definition) is 6. The normalized spacial score (nSPS) is 15.1. The van der Waals surface area contributed by atoms with Crippen molar-refractivity contribution in [2.75, 3.05) is 44.7 Å². The molecule has 3 heterocycles. The van der Waals surface area contributed by atoms with Gasteiger partial charge in [0.1, 0.15) is 5.82 Å². The van der Waals surface area contributed by atoms with Crippen LogP contribution in [0.25, 0.3) is 0 Å². The SMILES string of the molecule is Cc1ncc(CN(C)CC(=O)N2CCN(c3ccccn3)CC2)s1. The third-order valence-electron chi connectivity index (χ3n) is 4.11. The topological polar surface area (TPSA) is 52.6 Å². The monoisotopic (exact) mass is 345 g/mol. The Hall–Kier alpha value is -1.99. The first-order valence-corrected chi connectivity index (χ1v) is 8.97. The maximum atomic E-state index is 12.5. The number of hydrogen-bond donors (Lipinski definition) is 0. The molecular formula is C17H23N5OS. The molecule has 1 aliphatic heterocycles. The van der Waals surface area contributed by atoms with Crippen molar-refractivity contribution in [1.82, 2.24) is 19.8 Å². The van der Waals surface area contributed by atoms with Crippen molar-refractivity contribution < 1.29 is 4.79 Å². The van der Waals surface area contributed by atoms with Crippen LogP contribution in [0.3, 0.4) is 0 Å². The molecule has 0 spiro atoms. The van der Waals surface area contributed by atoms with E-state index in [9.17, 15) is 4.79 Å². The highest BCUT2D eigenvalue weighted by atomic mass is 32.1. The largest absolute Gasteiger partial charge is 0.353 e. The molecule has 0 radical (unpaired) electrons. The van der Waals surface area contributed by atoms with Crippen molar-refractivity contribution in [1.29, 1.82) is 0 Å². The van der Waals surface area contributed by atoms with Gasteiger partial charge in [0.25, 0.3) is 0 Å². The second-order valence-electron chi connectivity index (χ2n) is 6.07. The molecule has 128 valence electrons. The van der Waals surface area contributed by atoms with Gasteiger partial charge in [0.2, 0.25) is 5.91 Å². The van der Waals surface area contributed by atoms with Crippen molar-refractivity contribution >= 4 is 23.1 Å². The number of nitrogens with zero attached hydrogens (tertiary/aromatic N) is 5. The Balaban J connectivity index is 1.46. The molecule has 2 aromatic rings. The molecule has 3 rings (SSSR count). The Morgan fingerprint density at radius 3 is 2.67 bits per heavy atom. The number of carbonyl (C=O) groups excluding carboxylic acids is 1. The number of amides is 1. The van der Waals surface area contributed by atoms with Gasteiger partial charge in [0.05, 0.1) is 11.6 Å². The number of aryl methyl sites for hydroxylation is 1. The summed E-state index contributed by atoms with van der Waals surface area (Å²) in [5, 5.41) is 1.07. The molecule has 0 N–H and O–H groups in total. The minimum absolute atomic E-state index is 0.194. The van der Waals surface area contributed by atoms with Crippen molar-refractivity contribution in [3.8, 4) is 0 Å². The fourth-order valence-electron chi connectivity index (χ4n) is 2.86. The highest BCUT2D eigenvalue weighted by Gasteiger charge is 2.22. The summed E-state index contributed by atoms with van der Waals surface area (Å²) in [7, 11) is 1.98. The van der Waals surface area contributed by atoms with Gasteiger partial charge in [-0.2, -0.15) is 0 Å². The average Bonchev–Trinajstić information content (AvgIpc) is 3.00. The van der Waals surface area contributed by atoms with Crippen LogP contribution in [0.1, 0.15) is 9.88 Å². The van der Waals surface area contributed by atoms with Gasteiger partial charge in [0.15, 0.2) is 0 Å². The van der Waals surface area contributed by atoms with Gasteiger partial charge in [-0.05, 0) is 26.1 Å². The van der Waals surface area contributed by atoms with Crippen molar-refractivity contribution in [2.45, 2.75) is 13.5 Å². The van der Waals surface area contributed by atoms with Crippen LogP contribution >= 0.6 is 11.3 Å². The van der Waals surface area contributed by atoms with E-state index >= 15 is 0 Å². The number of aromatic nitrogens is 2. The molecule has 0 bridgehead atoms. The van der Waals surface area contributed by atoms with Crippen molar-refractivity contribution in [2.24, 2.45) is 0 Å². The predicted octanol–water partition coefficient (Wildman–Crippen LogP) is 1.63. The van der Waals surface area contributed by atoms with Crippen LogP contribution in [-0.2, 0) is 11.3 Å². The maximum absolute atomic E-state index is 12.5. The lowest BCUT2D eigenvalue weighted by Crippen LogP contribution is -2.51. The molecule has 0 atom stereocenters. The Bertz CT molecular complexity index is 667. The summed E-state index contributed by atoms with van der Waals surface area (Å²) in [6, 6.07) is 5.93. The van der Waals surface area contributed by atoms with Gasteiger partial charge in [0, 0.05) is 50.0 Å². The Kier molecular flexibility index (Phi) is 5.42. The lowest BCUT2D eigenvalue weighted by Gasteiger charge is -2.36. The summed E-state index contributed by atoms with van der Waals surface area (Å²) in [4.78, 5) is 28.6. The zero-order valence-corrected chi connectivity index (χ0v) is 15.0. The van der Waals surface area contributed by atoms with E-state index in [0.29, 0.717) is 6.54 Å². The van der Waals surface area contributed by atoms with Crippen LogP contribution < -0.4 is 4.90 Å². The molecule has 1 amide bonds. The van der Waals surface area contributed by atoms with E-state index in [-0.39, 0.29) is 5.91 Å². The first-order valence-electron chi connectivity index (χ1n) is 8.15. The van der Waals surface area contributed by atoms with E-state index in [0.717, 1.165) is 43.5 Å². The summed E-state index contributed by atoms with van der Waals surface area (Å²) in [5.41, 5.74) is 0. The van der Waals surface area contributed by atoms with Crippen molar-refractivity contribution in [3.05, 3.63) is 40.5 Å². The van der Waals surface area contributed by atoms with Crippen LogP contribution in [0.4, 0.5) is 5.82 Å². The van der Waals surface area contributed by atoms with Crippen LogP contribution in [0.2, 0.25) is 0 Å². The fourth-order valence-corrected chi connectivity index (χ4v) is 3.73. The lowest BCUT2D eigenvalue weighted by molar-refractivity contribution is -0.132. The van der Waals surface area contributed by atoms with E-state index in [1.807, 2.05) is 49.5 Å². The molecule has 0 aromatic carbocycles. The summed E-state index contributed by atoms with van der Waals surface area (Å²) in [6.45, 7) is 6.39. The van der Waals surface area contributed by atoms with Gasteiger partial charge in [-0.15, -0.1) is 11.3 Å². The van der Waals surface area contributed by atoms with Gasteiger partial charge in [-0.25, -0.2) is 9.97 Å². The zero-order chi connectivity index (χ0) is 16.9. The van der Waals surface area contributed by atoms with Gasteiger partial charge in [-0.1, -0.05) is 6.07 Å². The number of anilines is 1. The second-order valence-corrected chi connectivity index (χ2v) is 7.39. The van der Waals surface area contributed by atoms with E-state index in [1.165, 1.54) is 4.88 Å². The molecule has 6 nitrogen and oxygen atoms in total. The fraction of sp³-hybridized carbons (Fsp3) is 0.471. The number of rotatable bonds is 5. The van der Waals surface area contributed by atoms with E-state index < -0.39 is 0 Å². The number of carbonyl (C=O) groups is 1. The lowest BCUT2D eigenvalue weighted by atomic mass is 10.3. The molecule has 2 aromatic heterocycles. The molecule has 0 saturated carbocycles. The summed E-state index contributed by atoms with van der Waals surface area (Å²) < 4.78 is 0. The third kappa shape index (κ3) is 4.30. The third-order valence-corrected chi connectivity index (χ3v) is 5.00. The zero-order valence-electron chi connectivity index (χ0n) is 14.2. The van der Waals surface area contributed by atoms with Crippen LogP contribution in [0.5, 0.6) is 0 Å². The minimum atomic E-state index is 0.194. The van der Waals surface area contributed by atoms with Gasteiger partial charge < -0.3 is 9.80 Å². The summed E-state index contributed by atoms with van der Waals surface area (Å²) >= 11 is 1.69. The Labute approximate surface area is 146 Å². The first-order chi connectivity index (χ1) is 11.6. The number of thiazole rings is 1. The maximum Gasteiger partial charge on any atom is 0.236 e. The Morgan fingerprint density at radius 1 is 1.25 bits per heavy atom. The molecule has 24 heavy (non-hydrogen) atoms. The van der Waals surface area contributed by atoms with Crippen LogP contribution in [0.15, 0.2) is 30.6 Å². The number of likely N-dealkylation sites (N-methyl/N-ethyl adjacent to an activating group) is 1. The molecule has 0 aliphatic carbocycles. The van der Waals surface area contributed by atoms with E-state index in [2.05, 4.69) is 19.8 Å². The Morgan fingerprint density at radius 2 is 2.04 bits per heavy atom. The first kappa shape index (κ1) is 16.9. The molecule has 0 unspecified atom stereocenters. The molecule has 7 heteroatoms.